The molecule has 0 aliphatic rings. The molecule has 0 bridgehead atoms. The van der Waals surface area contributed by atoms with E-state index in [4.69, 9.17) is 4.74 Å². The number of rotatable bonds is 7. The summed E-state index contributed by atoms with van der Waals surface area (Å²) in [5.74, 6) is 0.306. The van der Waals surface area contributed by atoms with E-state index in [0.29, 0.717) is 11.4 Å². The normalized spacial score (nSPS) is 11.9. The van der Waals surface area contributed by atoms with Gasteiger partial charge in [-0.2, -0.15) is 0 Å². The van der Waals surface area contributed by atoms with E-state index in [2.05, 4.69) is 10.0 Å². The van der Waals surface area contributed by atoms with Crippen LogP contribution in [0.15, 0.2) is 53.4 Å². The molecule has 0 aliphatic carbocycles. The molecular formula is C20H26N2O4S. The largest absolute Gasteiger partial charge is 0.483 e. The quantitative estimate of drug-likeness (QED) is 0.759. The first-order chi connectivity index (χ1) is 12.6. The van der Waals surface area contributed by atoms with Gasteiger partial charge in [-0.25, -0.2) is 13.1 Å². The lowest BCUT2D eigenvalue weighted by Crippen LogP contribution is -2.40. The van der Waals surface area contributed by atoms with Crippen molar-refractivity contribution in [2.24, 2.45) is 0 Å². The second-order valence-corrected chi connectivity index (χ2v) is 8.86. The molecule has 2 N–H and O–H groups in total. The van der Waals surface area contributed by atoms with Gasteiger partial charge in [0, 0.05) is 11.2 Å². The van der Waals surface area contributed by atoms with Crippen LogP contribution in [0.2, 0.25) is 0 Å². The molecule has 0 heterocycles. The van der Waals surface area contributed by atoms with Gasteiger partial charge in [0.15, 0.2) is 6.61 Å². The van der Waals surface area contributed by atoms with Crippen LogP contribution < -0.4 is 14.8 Å². The lowest BCUT2D eigenvalue weighted by molar-refractivity contribution is -0.118. The Morgan fingerprint density at radius 3 is 2.44 bits per heavy atom. The fraction of sp³-hybridized carbons (Fsp3) is 0.350. The van der Waals surface area contributed by atoms with Crippen LogP contribution in [0.1, 0.15) is 33.3 Å². The van der Waals surface area contributed by atoms with Gasteiger partial charge in [-0.3, -0.25) is 4.79 Å². The van der Waals surface area contributed by atoms with Crippen molar-refractivity contribution in [3.8, 4) is 5.75 Å². The van der Waals surface area contributed by atoms with Gasteiger partial charge in [-0.05, 0) is 57.0 Å². The fourth-order valence-electron chi connectivity index (χ4n) is 2.48. The maximum absolute atomic E-state index is 12.4. The molecular weight excluding hydrogens is 364 g/mol. The van der Waals surface area contributed by atoms with E-state index in [1.54, 1.807) is 32.9 Å². The highest BCUT2D eigenvalue weighted by Gasteiger charge is 2.22. The molecule has 0 saturated carbocycles. The highest BCUT2D eigenvalue weighted by Crippen LogP contribution is 2.19. The first-order valence-corrected chi connectivity index (χ1v) is 10.2. The number of amides is 1. The topological polar surface area (TPSA) is 84.5 Å². The summed E-state index contributed by atoms with van der Waals surface area (Å²) in [7, 11) is -3.67. The molecule has 146 valence electrons. The number of benzene rings is 2. The molecule has 0 unspecified atom stereocenters. The van der Waals surface area contributed by atoms with Gasteiger partial charge >= 0.3 is 0 Å². The second kappa shape index (κ2) is 8.54. The average molecular weight is 391 g/mol. The van der Waals surface area contributed by atoms with Crippen LogP contribution in [0.3, 0.4) is 0 Å². The van der Waals surface area contributed by atoms with E-state index in [9.17, 15) is 13.2 Å². The third-order valence-corrected chi connectivity index (χ3v) is 5.34. The number of ether oxygens (including phenoxy) is 1. The van der Waals surface area contributed by atoms with Crippen molar-refractivity contribution in [3.63, 3.8) is 0 Å². The van der Waals surface area contributed by atoms with Gasteiger partial charge in [0.05, 0.1) is 4.90 Å². The molecule has 0 spiro atoms. The van der Waals surface area contributed by atoms with Gasteiger partial charge < -0.3 is 10.1 Å². The Labute approximate surface area is 161 Å². The summed E-state index contributed by atoms with van der Waals surface area (Å²) in [5, 5.41) is 2.67. The van der Waals surface area contributed by atoms with Crippen LogP contribution in [-0.4, -0.2) is 26.5 Å². The number of anilines is 1. The third-order valence-electron chi connectivity index (χ3n) is 3.58. The van der Waals surface area contributed by atoms with Gasteiger partial charge in [0.25, 0.3) is 5.91 Å². The Morgan fingerprint density at radius 2 is 1.78 bits per heavy atom. The highest BCUT2D eigenvalue weighted by atomic mass is 32.2. The maximum atomic E-state index is 12.4. The molecule has 2 aromatic carbocycles. The number of sulfonamides is 1. The minimum atomic E-state index is -3.67. The first-order valence-electron chi connectivity index (χ1n) is 8.75. The third kappa shape index (κ3) is 6.37. The zero-order valence-electron chi connectivity index (χ0n) is 16.1. The predicted octanol–water partition coefficient (Wildman–Crippen LogP) is 3.34. The van der Waals surface area contributed by atoms with Crippen molar-refractivity contribution in [2.75, 3.05) is 11.9 Å². The lowest BCUT2D eigenvalue weighted by atomic mass is 10.1. The summed E-state index contributed by atoms with van der Waals surface area (Å²) in [5.41, 5.74) is 0.814. The van der Waals surface area contributed by atoms with Crippen LogP contribution >= 0.6 is 0 Å². The van der Waals surface area contributed by atoms with Crippen molar-refractivity contribution < 1.29 is 17.9 Å². The smallest absolute Gasteiger partial charge is 0.262 e. The second-order valence-electron chi connectivity index (χ2n) is 7.18. The van der Waals surface area contributed by atoms with Crippen molar-refractivity contribution in [3.05, 3.63) is 54.1 Å². The lowest BCUT2D eigenvalue weighted by Gasteiger charge is -2.20. The van der Waals surface area contributed by atoms with Crippen molar-refractivity contribution in [1.29, 1.82) is 0 Å². The molecule has 0 fully saturated rings. The number of carbonyl (C=O) groups is 1. The molecule has 0 saturated heterocycles. The first kappa shape index (κ1) is 20.9. The molecule has 0 aliphatic heterocycles. The number of para-hydroxylation sites is 1. The Kier molecular flexibility index (Phi) is 6.62. The Hall–Kier alpha value is -2.38. The van der Waals surface area contributed by atoms with Gasteiger partial charge in [-0.15, -0.1) is 0 Å². The Bertz CT molecular complexity index is 902. The summed E-state index contributed by atoms with van der Waals surface area (Å²) in [6.45, 7) is 7.15. The molecule has 2 aromatic rings. The number of hydrogen-bond acceptors (Lipinski definition) is 4. The minimum Gasteiger partial charge on any atom is -0.483 e. The van der Waals surface area contributed by atoms with E-state index in [-0.39, 0.29) is 17.4 Å². The Morgan fingerprint density at radius 1 is 1.07 bits per heavy atom. The molecule has 27 heavy (non-hydrogen) atoms. The number of hydrogen-bond donors (Lipinski definition) is 2. The monoisotopic (exact) mass is 390 g/mol. The van der Waals surface area contributed by atoms with E-state index < -0.39 is 15.6 Å². The maximum Gasteiger partial charge on any atom is 0.262 e. The van der Waals surface area contributed by atoms with Gasteiger partial charge in [0.2, 0.25) is 10.0 Å². The van der Waals surface area contributed by atoms with Crippen molar-refractivity contribution in [2.45, 2.75) is 44.6 Å². The van der Waals surface area contributed by atoms with Crippen LogP contribution in [0, 0.1) is 0 Å². The summed E-state index contributed by atoms with van der Waals surface area (Å²) in [4.78, 5) is 12.3. The average Bonchev–Trinajstić information content (AvgIpc) is 2.58. The predicted molar refractivity (Wildman–Crippen MR) is 106 cm³/mol. The fourth-order valence-corrected chi connectivity index (χ4v) is 3.94. The SMILES string of the molecule is CCc1ccccc1OCC(=O)Nc1cccc(S(=O)(=O)NC(C)(C)C)c1. The molecule has 2 rings (SSSR count). The summed E-state index contributed by atoms with van der Waals surface area (Å²) in [6.07, 6.45) is 0.804. The van der Waals surface area contributed by atoms with Crippen LogP contribution in [0.25, 0.3) is 0 Å². The number of carbonyl (C=O) groups excluding carboxylic acids is 1. The van der Waals surface area contributed by atoms with E-state index in [1.165, 1.54) is 12.1 Å². The standard InChI is InChI=1S/C20H26N2O4S/c1-5-15-9-6-7-12-18(15)26-14-19(23)21-16-10-8-11-17(13-16)27(24,25)22-20(2,3)4/h6-13,22H,5,14H2,1-4H3,(H,21,23). The molecule has 1 amide bonds. The van der Waals surface area contributed by atoms with Crippen LogP contribution in [-0.2, 0) is 21.2 Å². The molecule has 0 aromatic heterocycles. The van der Waals surface area contributed by atoms with Crippen LogP contribution in [0.4, 0.5) is 5.69 Å². The molecule has 0 atom stereocenters. The van der Waals surface area contributed by atoms with Crippen molar-refractivity contribution >= 4 is 21.6 Å². The molecule has 6 nitrogen and oxygen atoms in total. The van der Waals surface area contributed by atoms with E-state index >= 15 is 0 Å². The summed E-state index contributed by atoms with van der Waals surface area (Å²) >= 11 is 0. The van der Waals surface area contributed by atoms with Gasteiger partial charge in [0.1, 0.15) is 5.75 Å². The zero-order valence-corrected chi connectivity index (χ0v) is 16.9. The van der Waals surface area contributed by atoms with E-state index in [1.807, 2.05) is 31.2 Å². The summed E-state index contributed by atoms with van der Waals surface area (Å²) < 4.78 is 33.0. The highest BCUT2D eigenvalue weighted by molar-refractivity contribution is 7.89. The van der Waals surface area contributed by atoms with Crippen LogP contribution in [0.5, 0.6) is 5.75 Å². The number of nitrogens with one attached hydrogen (secondary N) is 2. The van der Waals surface area contributed by atoms with Crippen molar-refractivity contribution in [1.82, 2.24) is 4.72 Å². The molecule has 0 radical (unpaired) electrons. The zero-order chi connectivity index (χ0) is 20.1. The molecule has 7 heteroatoms. The van der Waals surface area contributed by atoms with E-state index in [0.717, 1.165) is 12.0 Å². The minimum absolute atomic E-state index is 0.0903. The number of aryl methyl sites for hydroxylation is 1. The Balaban J connectivity index is 2.04. The van der Waals surface area contributed by atoms with Gasteiger partial charge in [-0.1, -0.05) is 31.2 Å². The summed E-state index contributed by atoms with van der Waals surface area (Å²) in [6, 6.07) is 13.7.